The number of nitrogen functional groups attached to an aromatic ring is 2. The van der Waals surface area contributed by atoms with Crippen LogP contribution in [0.2, 0.25) is 0 Å². The van der Waals surface area contributed by atoms with Crippen molar-refractivity contribution in [1.82, 2.24) is 15.0 Å². The predicted octanol–water partition coefficient (Wildman–Crippen LogP) is -0.970. The van der Waals surface area contributed by atoms with E-state index in [1.807, 2.05) is 0 Å². The molecule has 0 saturated carbocycles. The monoisotopic (exact) mass is 318 g/mol. The summed E-state index contributed by atoms with van der Waals surface area (Å²) in [5.41, 5.74) is 11.0. The van der Waals surface area contributed by atoms with Crippen LogP contribution in [0, 0.1) is 0 Å². The van der Waals surface area contributed by atoms with Gasteiger partial charge in [0.15, 0.2) is 0 Å². The molecule has 1 aromatic rings. The summed E-state index contributed by atoms with van der Waals surface area (Å²) in [4.78, 5) is 11.5. The Labute approximate surface area is 128 Å². The van der Waals surface area contributed by atoms with Gasteiger partial charge in [-0.1, -0.05) is 0 Å². The molecule has 1 rings (SSSR count). The largest absolute Gasteiger partial charge is 0.368 e. The molecule has 0 bridgehead atoms. The van der Waals surface area contributed by atoms with Crippen LogP contribution in [0.25, 0.3) is 0 Å². The lowest BCUT2D eigenvalue weighted by molar-refractivity contribution is -0.471. The SMILES string of the molecule is COC(CNc1nc(N)nc(N)n1)(OC)C(OC)(OC)OC. The fraction of sp³-hybridized carbons (Fsp3) is 0.727. The van der Waals surface area contributed by atoms with E-state index in [-0.39, 0.29) is 24.4 Å². The average Bonchev–Trinajstić information content (AvgIpc) is 2.51. The fourth-order valence-electron chi connectivity index (χ4n) is 1.99. The minimum atomic E-state index is -1.63. The molecule has 11 nitrogen and oxygen atoms in total. The Kier molecular flexibility index (Phi) is 6.20. The van der Waals surface area contributed by atoms with E-state index in [0.29, 0.717) is 0 Å². The van der Waals surface area contributed by atoms with Crippen molar-refractivity contribution in [2.75, 3.05) is 58.9 Å². The summed E-state index contributed by atoms with van der Waals surface area (Å²) in [6.45, 7) is -0.00157. The van der Waals surface area contributed by atoms with E-state index in [2.05, 4.69) is 20.3 Å². The van der Waals surface area contributed by atoms with E-state index in [4.69, 9.17) is 35.2 Å². The molecular formula is C11H22N6O5. The molecule has 0 fully saturated rings. The lowest BCUT2D eigenvalue weighted by Crippen LogP contribution is -2.63. The molecule has 126 valence electrons. The van der Waals surface area contributed by atoms with E-state index in [9.17, 15) is 0 Å². The van der Waals surface area contributed by atoms with Crippen LogP contribution in [0.1, 0.15) is 0 Å². The third-order valence-electron chi connectivity index (χ3n) is 3.08. The number of rotatable bonds is 9. The maximum Gasteiger partial charge on any atom is 0.341 e. The van der Waals surface area contributed by atoms with Gasteiger partial charge in [-0.3, -0.25) is 0 Å². The van der Waals surface area contributed by atoms with Gasteiger partial charge in [0.2, 0.25) is 17.8 Å². The summed E-state index contributed by atoms with van der Waals surface area (Å²) < 4.78 is 26.7. The van der Waals surface area contributed by atoms with Crippen molar-refractivity contribution in [2.45, 2.75) is 11.8 Å². The van der Waals surface area contributed by atoms with E-state index >= 15 is 0 Å². The molecule has 5 N–H and O–H groups in total. The maximum atomic E-state index is 5.51. The molecule has 22 heavy (non-hydrogen) atoms. The van der Waals surface area contributed by atoms with E-state index in [1.165, 1.54) is 35.5 Å². The van der Waals surface area contributed by atoms with Gasteiger partial charge in [0.1, 0.15) is 0 Å². The highest BCUT2D eigenvalue weighted by atomic mass is 16.9. The summed E-state index contributed by atoms with van der Waals surface area (Å²) in [7, 11) is 6.98. The topological polar surface area (TPSA) is 149 Å². The average molecular weight is 318 g/mol. The van der Waals surface area contributed by atoms with Crippen molar-refractivity contribution in [3.8, 4) is 0 Å². The number of hydrogen-bond acceptors (Lipinski definition) is 11. The third-order valence-corrected chi connectivity index (χ3v) is 3.08. The van der Waals surface area contributed by atoms with Crippen LogP contribution in [-0.2, 0) is 23.7 Å². The zero-order valence-electron chi connectivity index (χ0n) is 13.2. The lowest BCUT2D eigenvalue weighted by atomic mass is 10.2. The molecule has 0 spiro atoms. The van der Waals surface area contributed by atoms with Crippen LogP contribution >= 0.6 is 0 Å². The van der Waals surface area contributed by atoms with Gasteiger partial charge in [0.25, 0.3) is 5.79 Å². The Bertz CT molecular complexity index is 452. The first-order valence-electron chi connectivity index (χ1n) is 6.19. The zero-order chi connectivity index (χ0) is 16.8. The summed E-state index contributed by atoms with van der Waals surface area (Å²) in [6, 6.07) is 0. The second-order valence-electron chi connectivity index (χ2n) is 4.06. The van der Waals surface area contributed by atoms with Crippen molar-refractivity contribution < 1.29 is 23.7 Å². The third kappa shape index (κ3) is 3.34. The van der Waals surface area contributed by atoms with Crippen LogP contribution < -0.4 is 16.8 Å². The minimum Gasteiger partial charge on any atom is -0.368 e. The first-order chi connectivity index (χ1) is 10.4. The zero-order valence-corrected chi connectivity index (χ0v) is 13.2. The van der Waals surface area contributed by atoms with Crippen LogP contribution in [0.4, 0.5) is 17.8 Å². The molecule has 0 amide bonds. The smallest absolute Gasteiger partial charge is 0.341 e. The number of anilines is 3. The molecule has 0 atom stereocenters. The molecule has 11 heteroatoms. The Morgan fingerprint density at radius 1 is 0.818 bits per heavy atom. The van der Waals surface area contributed by atoms with Gasteiger partial charge < -0.3 is 40.5 Å². The number of ether oxygens (including phenoxy) is 5. The summed E-state index contributed by atoms with van der Waals surface area (Å²) in [6.07, 6.45) is 0. The van der Waals surface area contributed by atoms with Crippen molar-refractivity contribution in [3.63, 3.8) is 0 Å². The second kappa shape index (κ2) is 7.47. The first kappa shape index (κ1) is 18.3. The minimum absolute atomic E-state index is 0.00157. The highest BCUT2D eigenvalue weighted by Crippen LogP contribution is 2.32. The van der Waals surface area contributed by atoms with Gasteiger partial charge in [-0.2, -0.15) is 15.0 Å². The summed E-state index contributed by atoms with van der Waals surface area (Å²) in [5.74, 6) is -3.01. The molecule has 0 aliphatic carbocycles. The Morgan fingerprint density at radius 2 is 1.27 bits per heavy atom. The van der Waals surface area contributed by atoms with Crippen molar-refractivity contribution in [2.24, 2.45) is 0 Å². The van der Waals surface area contributed by atoms with E-state index in [1.54, 1.807) is 0 Å². The Hall–Kier alpha value is -1.79. The van der Waals surface area contributed by atoms with E-state index in [0.717, 1.165) is 0 Å². The second-order valence-corrected chi connectivity index (χ2v) is 4.06. The molecule has 0 aliphatic rings. The molecule has 0 aliphatic heterocycles. The van der Waals surface area contributed by atoms with Crippen molar-refractivity contribution in [3.05, 3.63) is 0 Å². The normalized spacial score (nSPS) is 12.4. The summed E-state index contributed by atoms with van der Waals surface area (Å²) >= 11 is 0. The first-order valence-corrected chi connectivity index (χ1v) is 6.19. The number of nitrogens with zero attached hydrogens (tertiary/aromatic N) is 3. The van der Waals surface area contributed by atoms with Gasteiger partial charge in [-0.15, -0.1) is 0 Å². The number of nitrogens with two attached hydrogens (primary N) is 2. The molecule has 1 aromatic heterocycles. The number of hydrogen-bond donors (Lipinski definition) is 3. The van der Waals surface area contributed by atoms with Crippen LogP contribution in [0.5, 0.6) is 0 Å². The van der Waals surface area contributed by atoms with Crippen molar-refractivity contribution >= 4 is 17.8 Å². The van der Waals surface area contributed by atoms with Crippen molar-refractivity contribution in [1.29, 1.82) is 0 Å². The van der Waals surface area contributed by atoms with Gasteiger partial charge >= 0.3 is 5.97 Å². The van der Waals surface area contributed by atoms with Crippen LogP contribution in [0.3, 0.4) is 0 Å². The molecule has 0 aromatic carbocycles. The molecule has 0 unspecified atom stereocenters. The van der Waals surface area contributed by atoms with Crippen LogP contribution in [0.15, 0.2) is 0 Å². The predicted molar refractivity (Wildman–Crippen MR) is 77.6 cm³/mol. The standard InChI is InChI=1S/C11H22N6O5/c1-18-10(19-2,11(20-3,21-4)22-5)6-14-9-16-7(12)15-8(13)17-9/h6H2,1-5H3,(H5,12,13,14,15,16,17). The Morgan fingerprint density at radius 3 is 1.64 bits per heavy atom. The van der Waals surface area contributed by atoms with Gasteiger partial charge in [-0.05, 0) is 0 Å². The Balaban J connectivity index is 3.05. The van der Waals surface area contributed by atoms with E-state index < -0.39 is 11.8 Å². The highest BCUT2D eigenvalue weighted by Gasteiger charge is 2.56. The van der Waals surface area contributed by atoms with Gasteiger partial charge in [0.05, 0.1) is 6.54 Å². The quantitative estimate of drug-likeness (QED) is 0.482. The van der Waals surface area contributed by atoms with Gasteiger partial charge in [0, 0.05) is 35.5 Å². The number of aromatic nitrogens is 3. The molecule has 1 heterocycles. The lowest BCUT2D eigenvalue weighted by Gasteiger charge is -2.43. The number of methoxy groups -OCH3 is 5. The van der Waals surface area contributed by atoms with Crippen LogP contribution in [-0.4, -0.2) is 68.8 Å². The molecule has 0 radical (unpaired) electrons. The fourth-order valence-corrected chi connectivity index (χ4v) is 1.99. The maximum absolute atomic E-state index is 5.51. The number of nitrogens with one attached hydrogen (secondary N) is 1. The highest BCUT2D eigenvalue weighted by molar-refractivity contribution is 5.37. The molecule has 0 saturated heterocycles. The summed E-state index contributed by atoms with van der Waals surface area (Å²) in [5, 5.41) is 2.87. The molecular weight excluding hydrogens is 296 g/mol. The van der Waals surface area contributed by atoms with Gasteiger partial charge in [-0.25, -0.2) is 0 Å².